The van der Waals surface area contributed by atoms with Crippen LogP contribution in [0.15, 0.2) is 48.8 Å². The molecule has 0 spiro atoms. The molecule has 6 nitrogen and oxygen atoms in total. The minimum atomic E-state index is 0.112. The number of fused-ring (bicyclic) bond motifs is 1. The summed E-state index contributed by atoms with van der Waals surface area (Å²) < 4.78 is 7.83. The summed E-state index contributed by atoms with van der Waals surface area (Å²) in [4.78, 5) is 28.2. The minimum absolute atomic E-state index is 0.112. The van der Waals surface area contributed by atoms with E-state index in [4.69, 9.17) is 4.21 Å². The van der Waals surface area contributed by atoms with Crippen LogP contribution in [0.2, 0.25) is 0 Å². The molecule has 1 aliphatic rings. The summed E-state index contributed by atoms with van der Waals surface area (Å²) in [5, 5.41) is 0. The third-order valence-electron chi connectivity index (χ3n) is 4.89. The van der Waals surface area contributed by atoms with Crippen LogP contribution >= 0.6 is 0 Å². The molecule has 0 saturated carbocycles. The summed E-state index contributed by atoms with van der Waals surface area (Å²) in [6.45, 7) is 5.51. The van der Waals surface area contributed by atoms with E-state index in [2.05, 4.69) is 38.5 Å². The molecular weight excluding hydrogens is 384 g/mol. The van der Waals surface area contributed by atoms with Crippen LogP contribution in [-0.4, -0.2) is 31.5 Å². The number of carbonyl (C=O) groups excluding carboxylic acids is 1. The summed E-state index contributed by atoms with van der Waals surface area (Å²) in [7, 11) is 0. The van der Waals surface area contributed by atoms with Crippen molar-refractivity contribution in [3.63, 3.8) is 0 Å². The second-order valence-electron chi connectivity index (χ2n) is 7.05. The van der Waals surface area contributed by atoms with Crippen molar-refractivity contribution < 1.29 is 9.00 Å². The first-order valence-corrected chi connectivity index (χ1v) is 9.69. The number of ketones is 1. The first-order chi connectivity index (χ1) is 14.1. The van der Waals surface area contributed by atoms with Crippen molar-refractivity contribution in [3.8, 4) is 0 Å². The lowest BCUT2D eigenvalue weighted by Gasteiger charge is -2.29. The van der Waals surface area contributed by atoms with E-state index in [1.165, 1.54) is 5.56 Å². The van der Waals surface area contributed by atoms with Crippen LogP contribution in [-0.2, 0) is 31.9 Å². The number of aryl methyl sites for hydroxylation is 2. The Balaban J connectivity index is 0.00000117. The largest absolute Gasteiger partial charge is 0.352 e. The smallest absolute Gasteiger partial charge is 0.197 e. The quantitative estimate of drug-likeness (QED) is 0.616. The Bertz CT molecular complexity index is 1030. The lowest BCUT2D eigenvalue weighted by Crippen LogP contribution is -2.32. The van der Waals surface area contributed by atoms with Gasteiger partial charge in [-0.2, -0.15) is 4.21 Å². The second kappa shape index (κ2) is 9.43. The second-order valence-corrected chi connectivity index (χ2v) is 7.05. The highest BCUT2D eigenvalue weighted by molar-refractivity contribution is 7.44. The predicted octanol–water partition coefficient (Wildman–Crippen LogP) is 3.14. The van der Waals surface area contributed by atoms with Gasteiger partial charge in [0.1, 0.15) is 11.6 Å². The number of hydrogen-bond donors (Lipinski definition) is 0. The molecule has 0 fully saturated rings. The molecule has 2 aromatic heterocycles. The maximum absolute atomic E-state index is 12.7. The van der Waals surface area contributed by atoms with Crippen LogP contribution in [0.3, 0.4) is 0 Å². The average Bonchev–Trinajstić information content (AvgIpc) is 2.75. The van der Waals surface area contributed by atoms with E-state index in [1.54, 1.807) is 12.3 Å². The molecule has 3 aromatic rings. The molecule has 0 saturated heterocycles. The number of pyridine rings is 1. The van der Waals surface area contributed by atoms with E-state index in [-0.39, 0.29) is 5.78 Å². The zero-order valence-corrected chi connectivity index (χ0v) is 17.3. The van der Waals surface area contributed by atoms with Crippen LogP contribution in [0.4, 0.5) is 5.82 Å². The molecule has 0 radical (unpaired) electrons. The molecule has 3 heterocycles. The van der Waals surface area contributed by atoms with Gasteiger partial charge in [0.15, 0.2) is 18.3 Å². The molecule has 1 aromatic carbocycles. The van der Waals surface area contributed by atoms with Crippen LogP contribution in [0, 0.1) is 13.8 Å². The fourth-order valence-corrected chi connectivity index (χ4v) is 3.49. The molecule has 7 heteroatoms. The molecule has 29 heavy (non-hydrogen) atoms. The Hall–Kier alpha value is -3.06. The van der Waals surface area contributed by atoms with E-state index in [9.17, 15) is 4.79 Å². The Morgan fingerprint density at radius 1 is 1.14 bits per heavy atom. The van der Waals surface area contributed by atoms with E-state index in [0.717, 1.165) is 48.0 Å². The fraction of sp³-hybridized carbons (Fsp3) is 0.273. The third-order valence-corrected chi connectivity index (χ3v) is 4.89. The molecule has 4 rings (SSSR count). The van der Waals surface area contributed by atoms with Gasteiger partial charge in [0.05, 0.1) is 5.69 Å². The molecule has 0 unspecified atom stereocenters. The van der Waals surface area contributed by atoms with Crippen LogP contribution < -0.4 is 4.90 Å². The van der Waals surface area contributed by atoms with Crippen LogP contribution in [0.1, 0.15) is 38.6 Å². The van der Waals surface area contributed by atoms with Gasteiger partial charge in [-0.25, -0.2) is 15.0 Å². The van der Waals surface area contributed by atoms with E-state index in [1.807, 2.05) is 44.3 Å². The number of nitrogens with zero attached hydrogens (tertiary/aromatic N) is 4. The highest BCUT2D eigenvalue weighted by Crippen LogP contribution is 2.22. The van der Waals surface area contributed by atoms with Crippen LogP contribution in [0.5, 0.6) is 0 Å². The SMILES string of the molecule is Cc1cccc(CC(=O)c2ccnc(N3CCc4nc(C)ncc4C3)c2)c1.O=S. The molecule has 0 atom stereocenters. The van der Waals surface area contributed by atoms with Crippen LogP contribution in [0.25, 0.3) is 0 Å². The molecule has 0 aliphatic carbocycles. The average molecular weight is 407 g/mol. The van der Waals surface area contributed by atoms with Crippen molar-refractivity contribution in [2.45, 2.75) is 33.2 Å². The standard InChI is InChI=1S/C22H22N4O.OS/c1-15-4-3-5-17(10-15)11-21(27)18-6-8-23-22(12-18)26-9-7-20-19(14-26)13-24-16(2)25-20;1-2/h3-6,8,10,12-13H,7,9,11,14H2,1-2H3;. The van der Waals surface area contributed by atoms with Crippen molar-refractivity contribution >= 4 is 24.1 Å². The number of carbonyl (C=O) groups is 1. The Labute approximate surface area is 175 Å². The van der Waals surface area contributed by atoms with Gasteiger partial charge in [0, 0.05) is 49.5 Å². The third kappa shape index (κ3) is 5.06. The Kier molecular flexibility index (Phi) is 6.72. The summed E-state index contributed by atoms with van der Waals surface area (Å²) in [6, 6.07) is 11.8. The normalized spacial score (nSPS) is 12.6. The predicted molar refractivity (Wildman–Crippen MR) is 113 cm³/mol. The first kappa shape index (κ1) is 20.7. The zero-order valence-electron chi connectivity index (χ0n) is 16.5. The number of benzene rings is 1. The summed E-state index contributed by atoms with van der Waals surface area (Å²) in [5.41, 5.74) is 5.15. The summed E-state index contributed by atoms with van der Waals surface area (Å²) in [6.07, 6.45) is 4.89. The lowest BCUT2D eigenvalue weighted by atomic mass is 10.0. The van der Waals surface area contributed by atoms with Crippen molar-refractivity contribution in [3.05, 3.63) is 82.6 Å². The van der Waals surface area contributed by atoms with Gasteiger partial charge >= 0.3 is 0 Å². The van der Waals surface area contributed by atoms with Gasteiger partial charge in [0.2, 0.25) is 0 Å². The maximum atomic E-state index is 12.7. The highest BCUT2D eigenvalue weighted by Gasteiger charge is 2.20. The van der Waals surface area contributed by atoms with E-state index in [0.29, 0.717) is 12.0 Å². The van der Waals surface area contributed by atoms with Gasteiger partial charge in [-0.3, -0.25) is 4.79 Å². The Morgan fingerprint density at radius 3 is 2.76 bits per heavy atom. The van der Waals surface area contributed by atoms with Gasteiger partial charge in [-0.15, -0.1) is 0 Å². The molecule has 0 bridgehead atoms. The number of anilines is 1. The zero-order chi connectivity index (χ0) is 20.8. The molecule has 0 amide bonds. The molecule has 1 aliphatic heterocycles. The number of aromatic nitrogens is 3. The van der Waals surface area contributed by atoms with Gasteiger partial charge in [-0.05, 0) is 31.5 Å². The van der Waals surface area contributed by atoms with Crippen molar-refractivity contribution in [1.29, 1.82) is 0 Å². The molecular formula is C22H22N4O2S. The highest BCUT2D eigenvalue weighted by atomic mass is 32.1. The van der Waals surface area contributed by atoms with Crippen molar-refractivity contribution in [1.82, 2.24) is 15.0 Å². The summed E-state index contributed by atoms with van der Waals surface area (Å²) >= 11 is 2.83. The van der Waals surface area contributed by atoms with E-state index >= 15 is 0 Å². The monoisotopic (exact) mass is 406 g/mol. The Morgan fingerprint density at radius 2 is 1.97 bits per heavy atom. The number of hydrogen-bond acceptors (Lipinski definition) is 7. The lowest BCUT2D eigenvalue weighted by molar-refractivity contribution is 0.0993. The molecule has 148 valence electrons. The first-order valence-electron chi connectivity index (χ1n) is 9.36. The fourth-order valence-electron chi connectivity index (χ4n) is 3.49. The van der Waals surface area contributed by atoms with E-state index < -0.39 is 0 Å². The summed E-state index contributed by atoms with van der Waals surface area (Å²) in [5.74, 6) is 1.75. The van der Waals surface area contributed by atoms with Gasteiger partial charge in [-0.1, -0.05) is 29.8 Å². The van der Waals surface area contributed by atoms with Gasteiger partial charge in [0.25, 0.3) is 0 Å². The van der Waals surface area contributed by atoms with Crippen molar-refractivity contribution in [2.24, 2.45) is 0 Å². The van der Waals surface area contributed by atoms with Gasteiger partial charge < -0.3 is 4.90 Å². The minimum Gasteiger partial charge on any atom is -0.352 e. The maximum Gasteiger partial charge on any atom is 0.197 e. The number of rotatable bonds is 4. The number of Topliss-reactive ketones (excluding diaryl/α,β-unsaturated/α-hetero) is 1. The topological polar surface area (TPSA) is 76.1 Å². The molecule has 0 N–H and O–H groups in total. The van der Waals surface area contributed by atoms with Crippen molar-refractivity contribution in [2.75, 3.05) is 11.4 Å².